The molecule has 0 saturated carbocycles. The van der Waals surface area contributed by atoms with E-state index >= 15 is 0 Å². The van der Waals surface area contributed by atoms with Crippen LogP contribution in [0.15, 0.2) is 18.2 Å². The Balaban J connectivity index is 2.31. The van der Waals surface area contributed by atoms with E-state index in [4.69, 9.17) is 0 Å². The summed E-state index contributed by atoms with van der Waals surface area (Å²) in [4.78, 5) is 24.9. The number of hydrogen-bond acceptors (Lipinski definition) is 3. The van der Waals surface area contributed by atoms with Crippen molar-refractivity contribution in [1.82, 2.24) is 15.2 Å². The van der Waals surface area contributed by atoms with Crippen molar-refractivity contribution in [2.24, 2.45) is 0 Å². The molecule has 5 nitrogen and oxygen atoms in total. The third-order valence-electron chi connectivity index (χ3n) is 2.02. The molecule has 2 heterocycles. The van der Waals surface area contributed by atoms with Gasteiger partial charge >= 0.3 is 0 Å². The maximum atomic E-state index is 11.8. The van der Waals surface area contributed by atoms with Crippen molar-refractivity contribution in [2.45, 2.75) is 6.92 Å². The van der Waals surface area contributed by atoms with E-state index in [-0.39, 0.29) is 5.78 Å². The zero-order chi connectivity index (χ0) is 10.8. The molecule has 0 amide bonds. The van der Waals surface area contributed by atoms with Crippen LogP contribution in [0, 0.1) is 6.92 Å². The van der Waals surface area contributed by atoms with Crippen LogP contribution in [0.4, 0.5) is 0 Å². The van der Waals surface area contributed by atoms with Crippen LogP contribution < -0.4 is 0 Å². The van der Waals surface area contributed by atoms with Crippen LogP contribution in [0.1, 0.15) is 32.4 Å². The van der Waals surface area contributed by atoms with E-state index in [2.05, 4.69) is 15.2 Å². The lowest BCUT2D eigenvalue weighted by Gasteiger charge is -1.91. The lowest BCUT2D eigenvalue weighted by molar-refractivity contribution is 0.103. The van der Waals surface area contributed by atoms with Crippen molar-refractivity contribution in [3.8, 4) is 0 Å². The highest BCUT2D eigenvalue weighted by Crippen LogP contribution is 2.07. The highest BCUT2D eigenvalue weighted by molar-refractivity contribution is 6.06. The van der Waals surface area contributed by atoms with Crippen LogP contribution in [0.25, 0.3) is 0 Å². The van der Waals surface area contributed by atoms with Crippen LogP contribution in [0.3, 0.4) is 0 Å². The second-order valence-corrected chi connectivity index (χ2v) is 3.21. The Morgan fingerprint density at radius 2 is 2.27 bits per heavy atom. The first kappa shape index (κ1) is 9.39. The molecular weight excluding hydrogens is 194 g/mol. The van der Waals surface area contributed by atoms with E-state index in [1.807, 2.05) is 6.92 Å². The first-order valence-electron chi connectivity index (χ1n) is 4.41. The summed E-state index contributed by atoms with van der Waals surface area (Å²) in [6, 6.07) is 4.78. The molecule has 5 heteroatoms. The normalized spacial score (nSPS) is 10.2. The molecule has 0 atom stereocenters. The predicted molar refractivity (Wildman–Crippen MR) is 52.9 cm³/mol. The van der Waals surface area contributed by atoms with Crippen LogP contribution >= 0.6 is 0 Å². The number of hydrogen-bond donors (Lipinski definition) is 2. The lowest BCUT2D eigenvalue weighted by Crippen LogP contribution is -2.02. The van der Waals surface area contributed by atoms with E-state index < -0.39 is 0 Å². The number of aryl methyl sites for hydroxylation is 1. The van der Waals surface area contributed by atoms with Crippen molar-refractivity contribution < 1.29 is 9.59 Å². The van der Waals surface area contributed by atoms with Gasteiger partial charge in [-0.1, -0.05) is 0 Å². The molecule has 0 unspecified atom stereocenters. The van der Waals surface area contributed by atoms with Gasteiger partial charge < -0.3 is 4.98 Å². The van der Waals surface area contributed by atoms with Crippen LogP contribution in [-0.4, -0.2) is 27.3 Å². The highest BCUT2D eigenvalue weighted by Gasteiger charge is 2.13. The second-order valence-electron chi connectivity index (χ2n) is 3.21. The average Bonchev–Trinajstić information content (AvgIpc) is 2.84. The van der Waals surface area contributed by atoms with Gasteiger partial charge in [0.2, 0.25) is 5.78 Å². The van der Waals surface area contributed by atoms with E-state index in [1.165, 1.54) is 0 Å². The summed E-state index contributed by atoms with van der Waals surface area (Å²) >= 11 is 0. The summed E-state index contributed by atoms with van der Waals surface area (Å²) in [5.41, 5.74) is 1.90. The molecule has 0 spiro atoms. The minimum atomic E-state index is -0.229. The maximum absolute atomic E-state index is 11.8. The molecule has 2 rings (SSSR count). The molecular formula is C10H9N3O2. The number of ketones is 1. The number of carbonyl (C=O) groups is 2. The SMILES string of the molecule is Cc1cc(C(=O)c2ccc(C=O)[nH]2)n[nH]1. The second kappa shape index (κ2) is 3.53. The molecule has 0 aliphatic rings. The molecule has 0 radical (unpaired) electrons. The molecule has 2 N–H and O–H groups in total. The molecule has 2 aromatic heterocycles. The molecule has 0 aromatic carbocycles. The molecule has 0 aliphatic carbocycles. The topological polar surface area (TPSA) is 78.6 Å². The Kier molecular flexibility index (Phi) is 2.21. The van der Waals surface area contributed by atoms with Crippen LogP contribution in [0.5, 0.6) is 0 Å². The van der Waals surface area contributed by atoms with E-state index in [9.17, 15) is 9.59 Å². The largest absolute Gasteiger partial charge is 0.350 e. The maximum Gasteiger partial charge on any atom is 0.229 e. The standard InChI is InChI=1S/C10H9N3O2/c1-6-4-9(13-12-6)10(15)8-3-2-7(5-14)11-8/h2-5,11H,1H3,(H,12,13). The number of aromatic amines is 2. The predicted octanol–water partition coefficient (Wildman–Crippen LogP) is 1.09. The van der Waals surface area contributed by atoms with Crippen molar-refractivity contribution in [1.29, 1.82) is 0 Å². The lowest BCUT2D eigenvalue weighted by atomic mass is 10.2. The smallest absolute Gasteiger partial charge is 0.229 e. The summed E-state index contributed by atoms with van der Waals surface area (Å²) in [6.45, 7) is 1.81. The Hall–Kier alpha value is -2.17. The van der Waals surface area contributed by atoms with Gasteiger partial charge in [-0.15, -0.1) is 0 Å². The fourth-order valence-electron chi connectivity index (χ4n) is 1.29. The van der Waals surface area contributed by atoms with E-state index in [0.29, 0.717) is 23.4 Å². The third kappa shape index (κ3) is 1.71. The number of carbonyl (C=O) groups excluding carboxylic acids is 2. The molecule has 0 fully saturated rings. The van der Waals surface area contributed by atoms with E-state index in [0.717, 1.165) is 5.69 Å². The Morgan fingerprint density at radius 1 is 1.47 bits per heavy atom. The Morgan fingerprint density at radius 3 is 2.80 bits per heavy atom. The number of H-pyrrole nitrogens is 2. The van der Waals surface area contributed by atoms with Gasteiger partial charge in [-0.05, 0) is 25.1 Å². The minimum absolute atomic E-state index is 0.229. The zero-order valence-electron chi connectivity index (χ0n) is 8.07. The molecule has 2 aromatic rings. The number of rotatable bonds is 3. The van der Waals surface area contributed by atoms with Gasteiger partial charge in [0, 0.05) is 5.69 Å². The number of aromatic nitrogens is 3. The van der Waals surface area contributed by atoms with Crippen LogP contribution in [-0.2, 0) is 0 Å². The molecule has 0 bridgehead atoms. The Bertz CT molecular complexity index is 510. The molecule has 0 saturated heterocycles. The number of nitrogens with one attached hydrogen (secondary N) is 2. The highest BCUT2D eigenvalue weighted by atomic mass is 16.1. The minimum Gasteiger partial charge on any atom is -0.350 e. The average molecular weight is 203 g/mol. The number of nitrogens with zero attached hydrogens (tertiary/aromatic N) is 1. The summed E-state index contributed by atoms with van der Waals surface area (Å²) in [5, 5.41) is 6.53. The van der Waals surface area contributed by atoms with Crippen molar-refractivity contribution in [2.75, 3.05) is 0 Å². The van der Waals surface area contributed by atoms with Gasteiger partial charge in [0.05, 0.1) is 11.4 Å². The first-order valence-corrected chi connectivity index (χ1v) is 4.41. The van der Waals surface area contributed by atoms with Crippen molar-refractivity contribution in [3.05, 3.63) is 41.0 Å². The van der Waals surface area contributed by atoms with Crippen molar-refractivity contribution in [3.63, 3.8) is 0 Å². The summed E-state index contributed by atoms with van der Waals surface area (Å²) < 4.78 is 0. The molecule has 0 aliphatic heterocycles. The van der Waals surface area contributed by atoms with E-state index in [1.54, 1.807) is 18.2 Å². The van der Waals surface area contributed by atoms with Gasteiger partial charge in [-0.3, -0.25) is 14.7 Å². The Labute approximate surface area is 85.5 Å². The quantitative estimate of drug-likeness (QED) is 0.579. The van der Waals surface area contributed by atoms with Gasteiger partial charge in [-0.2, -0.15) is 5.10 Å². The monoisotopic (exact) mass is 203 g/mol. The number of aldehydes is 1. The first-order chi connectivity index (χ1) is 7.20. The fraction of sp³-hybridized carbons (Fsp3) is 0.100. The van der Waals surface area contributed by atoms with Gasteiger partial charge in [0.1, 0.15) is 5.69 Å². The summed E-state index contributed by atoms with van der Waals surface area (Å²) in [7, 11) is 0. The van der Waals surface area contributed by atoms with Crippen LogP contribution in [0.2, 0.25) is 0 Å². The summed E-state index contributed by atoms with van der Waals surface area (Å²) in [5.74, 6) is -0.229. The van der Waals surface area contributed by atoms with Gasteiger partial charge in [0.15, 0.2) is 6.29 Å². The molecule has 15 heavy (non-hydrogen) atoms. The van der Waals surface area contributed by atoms with Gasteiger partial charge in [-0.25, -0.2) is 0 Å². The fourth-order valence-corrected chi connectivity index (χ4v) is 1.29. The van der Waals surface area contributed by atoms with Crippen molar-refractivity contribution >= 4 is 12.1 Å². The third-order valence-corrected chi connectivity index (χ3v) is 2.02. The molecule has 76 valence electrons. The summed E-state index contributed by atoms with van der Waals surface area (Å²) in [6.07, 6.45) is 0.659. The van der Waals surface area contributed by atoms with Gasteiger partial charge in [0.25, 0.3) is 0 Å². The zero-order valence-corrected chi connectivity index (χ0v) is 8.07.